The van der Waals surface area contributed by atoms with Crippen LogP contribution in [0.1, 0.15) is 18.4 Å². The van der Waals surface area contributed by atoms with E-state index in [1.807, 2.05) is 0 Å². The maximum absolute atomic E-state index is 13.3. The van der Waals surface area contributed by atoms with E-state index in [9.17, 15) is 18.0 Å². The van der Waals surface area contributed by atoms with Gasteiger partial charge < -0.3 is 26.1 Å². The maximum atomic E-state index is 13.3. The van der Waals surface area contributed by atoms with Crippen molar-refractivity contribution in [3.8, 4) is 11.3 Å². The number of nitrogen functional groups attached to an aromatic ring is 2. The van der Waals surface area contributed by atoms with Crippen LogP contribution in [0.25, 0.3) is 22.3 Å². The Hall–Kier alpha value is -3.71. The molecule has 35 heavy (non-hydrogen) atoms. The predicted octanol–water partition coefficient (Wildman–Crippen LogP) is 2.19. The minimum Gasteiger partial charge on any atom is -0.396 e. The van der Waals surface area contributed by atoms with E-state index in [-0.39, 0.29) is 35.5 Å². The molecule has 0 radical (unpaired) electrons. The van der Waals surface area contributed by atoms with E-state index in [4.69, 9.17) is 22.0 Å². The first-order valence-electron chi connectivity index (χ1n) is 10.8. The van der Waals surface area contributed by atoms with E-state index in [1.165, 1.54) is 24.5 Å². The van der Waals surface area contributed by atoms with Crippen LogP contribution in [0.3, 0.4) is 0 Å². The lowest BCUT2D eigenvalue weighted by atomic mass is 10.0. The van der Waals surface area contributed by atoms with Crippen LogP contribution in [0, 0.1) is 0 Å². The average Bonchev–Trinajstić information content (AvgIpc) is 2.83. The third-order valence-electron chi connectivity index (χ3n) is 5.97. The van der Waals surface area contributed by atoms with Crippen molar-refractivity contribution in [1.82, 2.24) is 19.9 Å². The number of likely N-dealkylation sites (tertiary alicyclic amines) is 1. The van der Waals surface area contributed by atoms with Gasteiger partial charge >= 0.3 is 6.18 Å². The molecule has 1 fully saturated rings. The normalized spacial score (nSPS) is 14.9. The zero-order chi connectivity index (χ0) is 25.3. The Morgan fingerprint density at radius 2 is 1.91 bits per heavy atom. The molecule has 0 atom stereocenters. The number of halogens is 3. The van der Waals surface area contributed by atoms with Gasteiger partial charge in [0.25, 0.3) is 0 Å². The van der Waals surface area contributed by atoms with Gasteiger partial charge in [-0.1, -0.05) is 0 Å². The number of hydrogen-bond donors (Lipinski definition) is 3. The Morgan fingerprint density at radius 3 is 2.57 bits per heavy atom. The molecule has 0 saturated carbocycles. The number of hydrazine groups is 1. The highest BCUT2D eigenvalue weighted by molar-refractivity contribution is 5.95. The Morgan fingerprint density at radius 1 is 1.20 bits per heavy atom. The van der Waals surface area contributed by atoms with Gasteiger partial charge in [0.1, 0.15) is 23.6 Å². The number of rotatable bonds is 5. The SMILES string of the molecule is COCC(=O)N1CCC(N(N)c2c(N)cnc3ccc(-c4cnc(N)c(C(F)(F)F)c4)nc23)CC1. The third-order valence-corrected chi connectivity index (χ3v) is 5.97. The number of aromatic nitrogens is 3. The summed E-state index contributed by atoms with van der Waals surface area (Å²) >= 11 is 0. The van der Waals surface area contributed by atoms with Gasteiger partial charge in [0.15, 0.2) is 0 Å². The standard InChI is InChI=1S/C22H25F3N8O2/c1-35-11-18(34)32-6-4-13(5-7-32)33(28)20-15(26)10-29-17-3-2-16(31-19(17)20)12-8-14(22(23,24)25)21(27)30-9-12/h2-3,8-10,13H,4-7,11,26,28H2,1H3,(H2,27,30). The summed E-state index contributed by atoms with van der Waals surface area (Å²) < 4.78 is 44.9. The molecule has 3 aromatic heterocycles. The highest BCUT2D eigenvalue weighted by Crippen LogP contribution is 2.36. The summed E-state index contributed by atoms with van der Waals surface area (Å²) in [6, 6.07) is 3.94. The van der Waals surface area contributed by atoms with Crippen LogP contribution in [0.15, 0.2) is 30.6 Å². The fourth-order valence-electron chi connectivity index (χ4n) is 4.13. The van der Waals surface area contributed by atoms with E-state index in [2.05, 4.69) is 15.0 Å². The number of methoxy groups -OCH3 is 1. The van der Waals surface area contributed by atoms with Crippen LogP contribution in [0.5, 0.6) is 0 Å². The molecule has 0 aliphatic carbocycles. The van der Waals surface area contributed by atoms with Gasteiger partial charge in [-0.05, 0) is 31.0 Å². The Bertz CT molecular complexity index is 1250. The van der Waals surface area contributed by atoms with E-state index >= 15 is 0 Å². The molecular formula is C22H25F3N8O2. The molecule has 1 aliphatic rings. The molecule has 1 aliphatic heterocycles. The number of carbonyl (C=O) groups is 1. The van der Waals surface area contributed by atoms with Gasteiger partial charge in [-0.3, -0.25) is 9.78 Å². The first-order chi connectivity index (χ1) is 16.6. The second-order valence-electron chi connectivity index (χ2n) is 8.23. The second-order valence-corrected chi connectivity index (χ2v) is 8.23. The van der Waals surface area contributed by atoms with Gasteiger partial charge in [0, 0.05) is 38.0 Å². The minimum atomic E-state index is -4.66. The summed E-state index contributed by atoms with van der Waals surface area (Å²) in [6.45, 7) is 1.01. The largest absolute Gasteiger partial charge is 0.419 e. The third kappa shape index (κ3) is 4.91. The average molecular weight is 490 g/mol. The lowest BCUT2D eigenvalue weighted by Crippen LogP contribution is -2.50. The molecule has 1 saturated heterocycles. The summed E-state index contributed by atoms with van der Waals surface area (Å²) in [5.41, 5.74) is 12.5. The van der Waals surface area contributed by atoms with Crippen molar-refractivity contribution in [2.24, 2.45) is 5.84 Å². The van der Waals surface area contributed by atoms with E-state index in [1.54, 1.807) is 17.0 Å². The molecule has 4 heterocycles. The quantitative estimate of drug-likeness (QED) is 0.361. The maximum Gasteiger partial charge on any atom is 0.419 e. The zero-order valence-corrected chi connectivity index (χ0v) is 18.9. The van der Waals surface area contributed by atoms with Gasteiger partial charge in [-0.25, -0.2) is 15.8 Å². The molecule has 4 rings (SSSR count). The van der Waals surface area contributed by atoms with Crippen LogP contribution in [-0.4, -0.2) is 58.6 Å². The number of nitrogens with two attached hydrogens (primary N) is 3. The van der Waals surface area contributed by atoms with Crippen LogP contribution in [0.2, 0.25) is 0 Å². The van der Waals surface area contributed by atoms with Crippen molar-refractivity contribution >= 4 is 34.1 Å². The number of carbonyl (C=O) groups excluding carboxylic acids is 1. The number of piperidine rings is 1. The van der Waals surface area contributed by atoms with Crippen molar-refractivity contribution in [3.05, 3.63) is 36.2 Å². The first kappa shape index (κ1) is 24.4. The number of ether oxygens (including phenoxy) is 1. The van der Waals surface area contributed by atoms with Crippen LogP contribution >= 0.6 is 0 Å². The summed E-state index contributed by atoms with van der Waals surface area (Å²) in [6.07, 6.45) is -0.792. The van der Waals surface area contributed by atoms with E-state index in [0.717, 1.165) is 6.07 Å². The summed E-state index contributed by atoms with van der Waals surface area (Å²) in [7, 11) is 1.47. The van der Waals surface area contributed by atoms with Crippen LogP contribution in [0.4, 0.5) is 30.4 Å². The molecule has 0 spiro atoms. The molecule has 186 valence electrons. The molecule has 0 bridgehead atoms. The fraction of sp³-hybridized carbons (Fsp3) is 0.364. The number of anilines is 3. The van der Waals surface area contributed by atoms with Crippen LogP contribution < -0.4 is 22.3 Å². The Kier molecular flexibility index (Phi) is 6.63. The number of pyridine rings is 3. The van der Waals surface area contributed by atoms with Crippen molar-refractivity contribution < 1.29 is 22.7 Å². The van der Waals surface area contributed by atoms with Gasteiger partial charge in [-0.2, -0.15) is 13.2 Å². The number of fused-ring (bicyclic) bond motifs is 1. The van der Waals surface area contributed by atoms with Gasteiger partial charge in [0.05, 0.1) is 28.7 Å². The minimum absolute atomic E-state index is 0.0156. The second kappa shape index (κ2) is 9.50. The predicted molar refractivity (Wildman–Crippen MR) is 125 cm³/mol. The number of nitrogens with zero attached hydrogens (tertiary/aromatic N) is 5. The van der Waals surface area contributed by atoms with Crippen molar-refractivity contribution in [2.75, 3.05) is 43.3 Å². The van der Waals surface area contributed by atoms with E-state index in [0.29, 0.717) is 42.7 Å². The molecule has 6 N–H and O–H groups in total. The summed E-state index contributed by atoms with van der Waals surface area (Å²) in [4.78, 5) is 26.3. The number of amides is 1. The molecule has 10 nitrogen and oxygen atoms in total. The topological polar surface area (TPSA) is 150 Å². The van der Waals surface area contributed by atoms with E-state index < -0.39 is 17.6 Å². The summed E-state index contributed by atoms with van der Waals surface area (Å²) in [5.74, 6) is 5.78. The zero-order valence-electron chi connectivity index (χ0n) is 18.9. The van der Waals surface area contributed by atoms with Crippen molar-refractivity contribution in [2.45, 2.75) is 25.1 Å². The lowest BCUT2D eigenvalue weighted by Gasteiger charge is -2.37. The molecule has 1 amide bonds. The summed E-state index contributed by atoms with van der Waals surface area (Å²) in [5, 5.41) is 1.51. The molecule has 0 unspecified atom stereocenters. The highest BCUT2D eigenvalue weighted by atomic mass is 19.4. The molecule has 13 heteroatoms. The van der Waals surface area contributed by atoms with Gasteiger partial charge in [-0.15, -0.1) is 0 Å². The number of alkyl halides is 3. The Labute approximate surface area is 198 Å². The lowest BCUT2D eigenvalue weighted by molar-refractivity contribution is -0.137. The van der Waals surface area contributed by atoms with Gasteiger partial charge in [0.2, 0.25) is 5.91 Å². The highest BCUT2D eigenvalue weighted by Gasteiger charge is 2.34. The number of hydrogen-bond acceptors (Lipinski definition) is 9. The van der Waals surface area contributed by atoms with Crippen molar-refractivity contribution in [1.29, 1.82) is 0 Å². The smallest absolute Gasteiger partial charge is 0.396 e. The molecular weight excluding hydrogens is 465 g/mol. The van der Waals surface area contributed by atoms with Crippen molar-refractivity contribution in [3.63, 3.8) is 0 Å². The Balaban J connectivity index is 1.68. The van der Waals surface area contributed by atoms with Crippen LogP contribution in [-0.2, 0) is 15.7 Å². The fourth-order valence-corrected chi connectivity index (χ4v) is 4.13. The molecule has 0 aromatic carbocycles. The monoisotopic (exact) mass is 490 g/mol. The molecule has 3 aromatic rings. The first-order valence-corrected chi connectivity index (χ1v) is 10.8.